The Kier molecular flexibility index (Phi) is 5.18. The number of alkyl halides is 3. The Hall–Kier alpha value is -2.54. The summed E-state index contributed by atoms with van der Waals surface area (Å²) in [7, 11) is 0. The van der Waals surface area contributed by atoms with Gasteiger partial charge in [-0.2, -0.15) is 13.2 Å². The fourth-order valence-corrected chi connectivity index (χ4v) is 3.19. The zero-order chi connectivity index (χ0) is 18.7. The van der Waals surface area contributed by atoms with Crippen LogP contribution in [-0.2, 0) is 11.0 Å². The zero-order valence-corrected chi connectivity index (χ0v) is 14.6. The van der Waals surface area contributed by atoms with Crippen molar-refractivity contribution in [2.45, 2.75) is 23.4 Å². The molecule has 0 radical (unpaired) electrons. The third-order valence-corrected chi connectivity index (χ3v) is 4.73. The molecule has 3 rings (SSSR count). The summed E-state index contributed by atoms with van der Waals surface area (Å²) in [5, 5.41) is 3.68. The first kappa shape index (κ1) is 18.3. The van der Waals surface area contributed by atoms with E-state index in [0.717, 1.165) is 23.0 Å². The highest BCUT2D eigenvalue weighted by molar-refractivity contribution is 8.00. The van der Waals surface area contributed by atoms with Crippen molar-refractivity contribution < 1.29 is 18.0 Å². The van der Waals surface area contributed by atoms with Crippen molar-refractivity contribution >= 4 is 34.3 Å². The fraction of sp³-hybridized carbons (Fsp3) is 0.158. The predicted octanol–water partition coefficient (Wildman–Crippen LogP) is 5.37. The number of aromatic nitrogens is 1. The number of para-hydroxylation sites is 1. The van der Waals surface area contributed by atoms with Crippen LogP contribution in [0.1, 0.15) is 12.5 Å². The third-order valence-electron chi connectivity index (χ3n) is 3.70. The number of halogens is 3. The molecule has 3 aromatic rings. The maximum atomic E-state index is 12.8. The van der Waals surface area contributed by atoms with Crippen LogP contribution in [0.5, 0.6) is 0 Å². The largest absolute Gasteiger partial charge is 0.416 e. The van der Waals surface area contributed by atoms with E-state index in [-0.39, 0.29) is 11.6 Å². The Bertz CT molecular complexity index is 943. The van der Waals surface area contributed by atoms with E-state index in [2.05, 4.69) is 10.3 Å². The van der Waals surface area contributed by atoms with Crippen LogP contribution in [0, 0.1) is 0 Å². The molecule has 0 bridgehead atoms. The molecule has 1 aromatic heterocycles. The van der Waals surface area contributed by atoms with Crippen molar-refractivity contribution in [3.8, 4) is 0 Å². The van der Waals surface area contributed by atoms with Gasteiger partial charge in [-0.1, -0.05) is 42.1 Å². The summed E-state index contributed by atoms with van der Waals surface area (Å²) in [5.74, 6) is -0.385. The molecule has 2 aromatic carbocycles. The molecule has 0 fully saturated rings. The Morgan fingerprint density at radius 1 is 1.08 bits per heavy atom. The van der Waals surface area contributed by atoms with E-state index in [1.54, 1.807) is 6.92 Å². The molecule has 0 saturated carbocycles. The van der Waals surface area contributed by atoms with Gasteiger partial charge in [0.2, 0.25) is 5.91 Å². The summed E-state index contributed by atoms with van der Waals surface area (Å²) in [6.07, 6.45) is -4.45. The van der Waals surface area contributed by atoms with E-state index >= 15 is 0 Å². The van der Waals surface area contributed by atoms with Crippen molar-refractivity contribution in [1.29, 1.82) is 0 Å². The number of amides is 1. The SMILES string of the molecule is C[C@H](Sc1ccc2ccccc2n1)C(=O)Nc1cccc(C(F)(F)F)c1. The quantitative estimate of drug-likeness (QED) is 0.622. The van der Waals surface area contributed by atoms with Crippen LogP contribution >= 0.6 is 11.8 Å². The maximum absolute atomic E-state index is 12.8. The number of hydrogen-bond donors (Lipinski definition) is 1. The number of thioether (sulfide) groups is 1. The Labute approximate surface area is 152 Å². The lowest BCUT2D eigenvalue weighted by Gasteiger charge is -2.13. The molecule has 0 spiro atoms. The Morgan fingerprint density at radius 2 is 1.85 bits per heavy atom. The molecule has 134 valence electrons. The van der Waals surface area contributed by atoms with Gasteiger partial charge in [0.1, 0.15) is 0 Å². The number of fused-ring (bicyclic) bond motifs is 1. The number of carbonyl (C=O) groups excluding carboxylic acids is 1. The van der Waals surface area contributed by atoms with Crippen LogP contribution in [0.4, 0.5) is 18.9 Å². The molecular weight excluding hydrogens is 361 g/mol. The minimum absolute atomic E-state index is 0.115. The highest BCUT2D eigenvalue weighted by atomic mass is 32.2. The second kappa shape index (κ2) is 7.37. The van der Waals surface area contributed by atoms with Crippen molar-refractivity contribution in [2.24, 2.45) is 0 Å². The number of pyridine rings is 1. The molecule has 3 nitrogen and oxygen atoms in total. The first-order chi connectivity index (χ1) is 12.3. The van der Waals surface area contributed by atoms with Gasteiger partial charge >= 0.3 is 6.18 Å². The van der Waals surface area contributed by atoms with E-state index in [0.29, 0.717) is 5.03 Å². The highest BCUT2D eigenvalue weighted by Crippen LogP contribution is 2.31. The number of nitrogens with zero attached hydrogens (tertiary/aromatic N) is 1. The van der Waals surface area contributed by atoms with E-state index < -0.39 is 17.0 Å². The van der Waals surface area contributed by atoms with Gasteiger partial charge in [0.15, 0.2) is 0 Å². The summed E-state index contributed by atoms with van der Waals surface area (Å²) in [6, 6.07) is 15.9. The van der Waals surface area contributed by atoms with Crippen LogP contribution in [0.3, 0.4) is 0 Å². The first-order valence-electron chi connectivity index (χ1n) is 7.83. The number of benzene rings is 2. The number of nitrogens with one attached hydrogen (secondary N) is 1. The topological polar surface area (TPSA) is 42.0 Å². The molecule has 0 aliphatic heterocycles. The molecule has 1 heterocycles. The number of hydrogen-bond acceptors (Lipinski definition) is 3. The van der Waals surface area contributed by atoms with Crippen LogP contribution in [-0.4, -0.2) is 16.1 Å². The monoisotopic (exact) mass is 376 g/mol. The Balaban J connectivity index is 1.69. The molecule has 0 unspecified atom stereocenters. The predicted molar refractivity (Wildman–Crippen MR) is 97.1 cm³/mol. The minimum atomic E-state index is -4.45. The van der Waals surface area contributed by atoms with Crippen LogP contribution in [0.2, 0.25) is 0 Å². The molecule has 1 amide bonds. The minimum Gasteiger partial charge on any atom is -0.325 e. The molecule has 0 aliphatic carbocycles. The van der Waals surface area contributed by atoms with Crippen molar-refractivity contribution in [3.63, 3.8) is 0 Å². The second-order valence-electron chi connectivity index (χ2n) is 5.67. The molecule has 1 atom stereocenters. The van der Waals surface area contributed by atoms with Gasteiger partial charge < -0.3 is 5.32 Å². The van der Waals surface area contributed by atoms with Gasteiger partial charge in [-0.25, -0.2) is 4.98 Å². The van der Waals surface area contributed by atoms with Crippen molar-refractivity contribution in [3.05, 3.63) is 66.2 Å². The van der Waals surface area contributed by atoms with Crippen molar-refractivity contribution in [2.75, 3.05) is 5.32 Å². The van der Waals surface area contributed by atoms with Gasteiger partial charge in [0.05, 0.1) is 21.4 Å². The van der Waals surface area contributed by atoms with Gasteiger partial charge in [-0.3, -0.25) is 4.79 Å². The lowest BCUT2D eigenvalue weighted by Crippen LogP contribution is -2.22. The van der Waals surface area contributed by atoms with Crippen molar-refractivity contribution in [1.82, 2.24) is 4.98 Å². The highest BCUT2D eigenvalue weighted by Gasteiger charge is 2.30. The second-order valence-corrected chi connectivity index (χ2v) is 7.03. The van der Waals surface area contributed by atoms with E-state index in [9.17, 15) is 18.0 Å². The molecule has 1 N–H and O–H groups in total. The maximum Gasteiger partial charge on any atom is 0.416 e. The molecule has 7 heteroatoms. The van der Waals surface area contributed by atoms with Gasteiger partial charge in [0, 0.05) is 11.1 Å². The van der Waals surface area contributed by atoms with E-state index in [1.807, 2.05) is 36.4 Å². The molecule has 0 aliphatic rings. The third kappa shape index (κ3) is 4.35. The molecule has 0 saturated heterocycles. The first-order valence-corrected chi connectivity index (χ1v) is 8.71. The summed E-state index contributed by atoms with van der Waals surface area (Å²) < 4.78 is 38.3. The number of carbonyl (C=O) groups is 1. The number of rotatable bonds is 4. The smallest absolute Gasteiger partial charge is 0.325 e. The molecule has 26 heavy (non-hydrogen) atoms. The fourth-order valence-electron chi connectivity index (χ4n) is 2.36. The lowest BCUT2D eigenvalue weighted by molar-refractivity contribution is -0.137. The normalized spacial score (nSPS) is 12.8. The zero-order valence-electron chi connectivity index (χ0n) is 13.7. The van der Waals surface area contributed by atoms with E-state index in [1.165, 1.54) is 23.9 Å². The van der Waals surface area contributed by atoms with Crippen LogP contribution in [0.25, 0.3) is 10.9 Å². The summed E-state index contributed by atoms with van der Waals surface area (Å²) in [4.78, 5) is 16.8. The summed E-state index contributed by atoms with van der Waals surface area (Å²) >= 11 is 1.25. The average Bonchev–Trinajstić information content (AvgIpc) is 2.61. The average molecular weight is 376 g/mol. The lowest BCUT2D eigenvalue weighted by atomic mass is 10.2. The Morgan fingerprint density at radius 3 is 2.62 bits per heavy atom. The number of anilines is 1. The van der Waals surface area contributed by atoms with Gasteiger partial charge in [0.25, 0.3) is 0 Å². The van der Waals surface area contributed by atoms with E-state index in [4.69, 9.17) is 0 Å². The summed E-state index contributed by atoms with van der Waals surface area (Å²) in [6.45, 7) is 1.69. The van der Waals surface area contributed by atoms with Gasteiger partial charge in [-0.05, 0) is 37.3 Å². The summed E-state index contributed by atoms with van der Waals surface area (Å²) in [5.41, 5.74) is 0.138. The van der Waals surface area contributed by atoms with Crippen LogP contribution in [0.15, 0.2) is 65.7 Å². The van der Waals surface area contributed by atoms with Crippen LogP contribution < -0.4 is 5.32 Å². The standard InChI is InChI=1S/C19H15F3N2OS/c1-12(26-17-10-9-13-5-2-3-8-16(13)24-17)18(25)23-15-7-4-6-14(11-15)19(20,21)22/h2-12H,1H3,(H,23,25)/t12-/m0/s1. The molecular formula is C19H15F3N2OS. The van der Waals surface area contributed by atoms with Gasteiger partial charge in [-0.15, -0.1) is 0 Å².